The number of hydrogen-bond donors (Lipinski definition) is 2. The lowest BCUT2D eigenvalue weighted by atomic mass is 9.91. The highest BCUT2D eigenvalue weighted by atomic mass is 16.5. The molecular weight excluding hydrogens is 256 g/mol. The Labute approximate surface area is 119 Å². The number of benzene rings is 1. The summed E-state index contributed by atoms with van der Waals surface area (Å²) in [5.74, 6) is 1.04. The van der Waals surface area contributed by atoms with Crippen LogP contribution in [0.4, 0.5) is 0 Å². The van der Waals surface area contributed by atoms with Crippen molar-refractivity contribution < 1.29 is 14.3 Å². The summed E-state index contributed by atoms with van der Waals surface area (Å²) < 4.78 is 10.4. The van der Waals surface area contributed by atoms with Gasteiger partial charge in [-0.1, -0.05) is 12.8 Å². The number of methoxy groups -OCH3 is 2. The van der Waals surface area contributed by atoms with E-state index in [2.05, 4.69) is 5.32 Å². The van der Waals surface area contributed by atoms with Gasteiger partial charge in [-0.3, -0.25) is 4.79 Å². The van der Waals surface area contributed by atoms with E-state index in [1.54, 1.807) is 32.4 Å². The van der Waals surface area contributed by atoms with Crippen LogP contribution >= 0.6 is 0 Å². The zero-order valence-electron chi connectivity index (χ0n) is 12.0. The molecule has 0 saturated heterocycles. The first kappa shape index (κ1) is 14.7. The van der Waals surface area contributed by atoms with Gasteiger partial charge in [0.25, 0.3) is 5.91 Å². The number of carbonyl (C=O) groups is 1. The van der Waals surface area contributed by atoms with Crippen molar-refractivity contribution >= 4 is 5.91 Å². The molecule has 2 unspecified atom stereocenters. The molecule has 0 aromatic heterocycles. The molecule has 2 rings (SSSR count). The molecule has 1 fully saturated rings. The third kappa shape index (κ3) is 3.22. The Morgan fingerprint density at radius 1 is 1.20 bits per heavy atom. The quantitative estimate of drug-likeness (QED) is 0.879. The van der Waals surface area contributed by atoms with Gasteiger partial charge in [0.05, 0.1) is 14.2 Å². The maximum Gasteiger partial charge on any atom is 0.251 e. The molecule has 5 heteroatoms. The largest absolute Gasteiger partial charge is 0.493 e. The van der Waals surface area contributed by atoms with E-state index in [-0.39, 0.29) is 18.0 Å². The van der Waals surface area contributed by atoms with Crippen LogP contribution in [-0.2, 0) is 0 Å². The normalized spacial score (nSPS) is 22.1. The predicted octanol–water partition coefficient (Wildman–Crippen LogP) is 1.70. The second-order valence-electron chi connectivity index (χ2n) is 5.10. The van der Waals surface area contributed by atoms with Crippen LogP contribution in [0, 0.1) is 0 Å². The predicted molar refractivity (Wildman–Crippen MR) is 77.2 cm³/mol. The Morgan fingerprint density at radius 3 is 2.55 bits per heavy atom. The maximum absolute atomic E-state index is 12.3. The van der Waals surface area contributed by atoms with Crippen molar-refractivity contribution in [3.05, 3.63) is 23.8 Å². The van der Waals surface area contributed by atoms with Gasteiger partial charge in [0, 0.05) is 17.6 Å². The third-order valence-corrected chi connectivity index (χ3v) is 3.78. The SMILES string of the molecule is COc1ccc(C(=O)NC2CCCCC2N)cc1OC. The lowest BCUT2D eigenvalue weighted by Crippen LogP contribution is -2.49. The molecule has 0 aliphatic heterocycles. The first-order chi connectivity index (χ1) is 9.65. The summed E-state index contributed by atoms with van der Waals surface area (Å²) in [6, 6.07) is 5.25. The van der Waals surface area contributed by atoms with Gasteiger partial charge < -0.3 is 20.5 Å². The molecule has 1 aromatic carbocycles. The van der Waals surface area contributed by atoms with Crippen molar-refractivity contribution in [2.45, 2.75) is 37.8 Å². The monoisotopic (exact) mass is 278 g/mol. The maximum atomic E-state index is 12.3. The zero-order chi connectivity index (χ0) is 14.5. The van der Waals surface area contributed by atoms with Crippen LogP contribution in [-0.4, -0.2) is 32.2 Å². The Hall–Kier alpha value is -1.75. The molecular formula is C15H22N2O3. The summed E-state index contributed by atoms with van der Waals surface area (Å²) >= 11 is 0. The second kappa shape index (κ2) is 6.61. The number of carbonyl (C=O) groups excluding carboxylic acids is 1. The van der Waals surface area contributed by atoms with Crippen molar-refractivity contribution in [1.82, 2.24) is 5.32 Å². The van der Waals surface area contributed by atoms with Crippen LogP contribution in [0.3, 0.4) is 0 Å². The highest BCUT2D eigenvalue weighted by Gasteiger charge is 2.24. The standard InChI is InChI=1S/C15H22N2O3/c1-19-13-8-7-10(9-14(13)20-2)15(18)17-12-6-4-3-5-11(12)16/h7-9,11-12H,3-6,16H2,1-2H3,(H,17,18). The van der Waals surface area contributed by atoms with E-state index in [0.29, 0.717) is 17.1 Å². The Balaban J connectivity index is 2.08. The van der Waals surface area contributed by atoms with Crippen LogP contribution < -0.4 is 20.5 Å². The highest BCUT2D eigenvalue weighted by molar-refractivity contribution is 5.95. The van der Waals surface area contributed by atoms with Gasteiger partial charge in [-0.2, -0.15) is 0 Å². The number of nitrogens with two attached hydrogens (primary N) is 1. The summed E-state index contributed by atoms with van der Waals surface area (Å²) in [6.07, 6.45) is 4.17. The molecule has 1 aromatic rings. The average molecular weight is 278 g/mol. The first-order valence-electron chi connectivity index (χ1n) is 6.94. The summed E-state index contributed by atoms with van der Waals surface area (Å²) in [4.78, 5) is 12.3. The summed E-state index contributed by atoms with van der Waals surface area (Å²) in [7, 11) is 3.12. The Morgan fingerprint density at radius 2 is 1.90 bits per heavy atom. The van der Waals surface area contributed by atoms with E-state index in [1.165, 1.54) is 0 Å². The lowest BCUT2D eigenvalue weighted by molar-refractivity contribution is 0.0921. The van der Waals surface area contributed by atoms with Gasteiger partial charge in [-0.25, -0.2) is 0 Å². The summed E-state index contributed by atoms with van der Waals surface area (Å²) in [6.45, 7) is 0. The number of nitrogens with one attached hydrogen (secondary N) is 1. The van der Waals surface area contributed by atoms with E-state index < -0.39 is 0 Å². The van der Waals surface area contributed by atoms with Gasteiger partial charge in [0.2, 0.25) is 0 Å². The second-order valence-corrected chi connectivity index (χ2v) is 5.10. The minimum absolute atomic E-state index is 0.0489. The summed E-state index contributed by atoms with van der Waals surface area (Å²) in [5, 5.41) is 3.01. The number of hydrogen-bond acceptors (Lipinski definition) is 4. The topological polar surface area (TPSA) is 73.6 Å². The van der Waals surface area contributed by atoms with Crippen molar-refractivity contribution in [2.24, 2.45) is 5.73 Å². The molecule has 2 atom stereocenters. The molecule has 5 nitrogen and oxygen atoms in total. The molecule has 1 aliphatic rings. The fourth-order valence-electron chi connectivity index (χ4n) is 2.57. The molecule has 0 heterocycles. The smallest absolute Gasteiger partial charge is 0.251 e. The van der Waals surface area contributed by atoms with E-state index in [1.807, 2.05) is 0 Å². The number of amides is 1. The number of rotatable bonds is 4. The van der Waals surface area contributed by atoms with Crippen LogP contribution in [0.15, 0.2) is 18.2 Å². The fraction of sp³-hybridized carbons (Fsp3) is 0.533. The Kier molecular flexibility index (Phi) is 4.84. The van der Waals surface area contributed by atoms with Crippen LogP contribution in [0.1, 0.15) is 36.0 Å². The van der Waals surface area contributed by atoms with Crippen LogP contribution in [0.25, 0.3) is 0 Å². The lowest BCUT2D eigenvalue weighted by Gasteiger charge is -2.29. The van der Waals surface area contributed by atoms with Crippen molar-refractivity contribution in [3.63, 3.8) is 0 Å². The van der Waals surface area contributed by atoms with Gasteiger partial charge >= 0.3 is 0 Å². The van der Waals surface area contributed by atoms with Gasteiger partial charge in [-0.15, -0.1) is 0 Å². The van der Waals surface area contributed by atoms with E-state index in [4.69, 9.17) is 15.2 Å². The zero-order valence-corrected chi connectivity index (χ0v) is 12.0. The minimum Gasteiger partial charge on any atom is -0.493 e. The van der Waals surface area contributed by atoms with E-state index >= 15 is 0 Å². The summed E-state index contributed by atoms with van der Waals surface area (Å²) in [5.41, 5.74) is 6.60. The Bertz CT molecular complexity index is 476. The minimum atomic E-state index is -0.117. The van der Waals surface area contributed by atoms with Crippen molar-refractivity contribution in [3.8, 4) is 11.5 Å². The van der Waals surface area contributed by atoms with E-state index in [0.717, 1.165) is 25.7 Å². The average Bonchev–Trinajstić information content (AvgIpc) is 2.48. The first-order valence-corrected chi connectivity index (χ1v) is 6.94. The highest BCUT2D eigenvalue weighted by Crippen LogP contribution is 2.27. The molecule has 0 radical (unpaired) electrons. The van der Waals surface area contributed by atoms with Gasteiger partial charge in [0.15, 0.2) is 11.5 Å². The number of ether oxygens (including phenoxy) is 2. The molecule has 0 bridgehead atoms. The van der Waals surface area contributed by atoms with Gasteiger partial charge in [0.1, 0.15) is 0 Å². The van der Waals surface area contributed by atoms with Crippen LogP contribution in [0.5, 0.6) is 11.5 Å². The van der Waals surface area contributed by atoms with E-state index in [9.17, 15) is 4.79 Å². The molecule has 0 spiro atoms. The molecule has 1 amide bonds. The van der Waals surface area contributed by atoms with Crippen molar-refractivity contribution in [2.75, 3.05) is 14.2 Å². The van der Waals surface area contributed by atoms with Gasteiger partial charge in [-0.05, 0) is 31.0 Å². The molecule has 20 heavy (non-hydrogen) atoms. The molecule has 110 valence electrons. The fourth-order valence-corrected chi connectivity index (χ4v) is 2.57. The molecule has 1 aliphatic carbocycles. The third-order valence-electron chi connectivity index (χ3n) is 3.78. The van der Waals surface area contributed by atoms with Crippen LogP contribution in [0.2, 0.25) is 0 Å². The molecule has 1 saturated carbocycles. The molecule has 3 N–H and O–H groups in total. The van der Waals surface area contributed by atoms with Crippen molar-refractivity contribution in [1.29, 1.82) is 0 Å².